The Morgan fingerprint density at radius 3 is 0.690 bits per heavy atom. The third-order valence-corrected chi connectivity index (χ3v) is 11.9. The Labute approximate surface area is 361 Å². The van der Waals surface area contributed by atoms with Gasteiger partial charge in [0.05, 0.1) is 0 Å². The first kappa shape index (κ1) is 56.4. The van der Waals surface area contributed by atoms with Crippen molar-refractivity contribution in [1.29, 1.82) is 0 Å². The van der Waals surface area contributed by atoms with E-state index in [0.29, 0.717) is 19.3 Å². The van der Waals surface area contributed by atoms with Gasteiger partial charge in [0.1, 0.15) is 13.2 Å². The highest BCUT2D eigenvalue weighted by molar-refractivity contribution is 5.71. The molecule has 0 N–H and O–H groups in total. The first-order valence-electron chi connectivity index (χ1n) is 26.0. The molecular formula is C52H100O6. The largest absolute Gasteiger partial charge is 0.462 e. The molecule has 0 bridgehead atoms. The van der Waals surface area contributed by atoms with Gasteiger partial charge >= 0.3 is 17.9 Å². The minimum Gasteiger partial charge on any atom is -0.462 e. The lowest BCUT2D eigenvalue weighted by atomic mass is 10.0. The second-order valence-corrected chi connectivity index (χ2v) is 17.8. The molecule has 0 aliphatic heterocycles. The summed E-state index contributed by atoms with van der Waals surface area (Å²) < 4.78 is 16.7. The Morgan fingerprint density at radius 2 is 0.466 bits per heavy atom. The Bertz CT molecular complexity index is 859. The topological polar surface area (TPSA) is 78.9 Å². The maximum Gasteiger partial charge on any atom is 0.306 e. The second kappa shape index (κ2) is 48.1. The van der Waals surface area contributed by atoms with E-state index in [-0.39, 0.29) is 31.1 Å². The number of rotatable bonds is 48. The van der Waals surface area contributed by atoms with Crippen LogP contribution >= 0.6 is 0 Å². The van der Waals surface area contributed by atoms with Crippen LogP contribution in [0.1, 0.15) is 297 Å². The SMILES string of the molecule is CCCCCCCCCCCCCCCCCCCCC(=O)OCC(COC(=O)CCCCCCCC)OC(=O)CCCCCCCCCCCCCCCCCC. The van der Waals surface area contributed by atoms with E-state index in [2.05, 4.69) is 20.8 Å². The van der Waals surface area contributed by atoms with Crippen LogP contribution in [0.15, 0.2) is 0 Å². The normalized spacial score (nSPS) is 11.8. The van der Waals surface area contributed by atoms with Crippen LogP contribution in [-0.4, -0.2) is 37.2 Å². The summed E-state index contributed by atoms with van der Waals surface area (Å²) in [5.41, 5.74) is 0. The molecule has 0 aliphatic rings. The van der Waals surface area contributed by atoms with Gasteiger partial charge in [0, 0.05) is 19.3 Å². The average Bonchev–Trinajstić information content (AvgIpc) is 3.22. The van der Waals surface area contributed by atoms with Crippen LogP contribution in [0.25, 0.3) is 0 Å². The van der Waals surface area contributed by atoms with Crippen LogP contribution < -0.4 is 0 Å². The highest BCUT2D eigenvalue weighted by Gasteiger charge is 2.19. The summed E-state index contributed by atoms with van der Waals surface area (Å²) in [4.78, 5) is 37.7. The van der Waals surface area contributed by atoms with Crippen LogP contribution in [0, 0.1) is 0 Å². The highest BCUT2D eigenvalue weighted by atomic mass is 16.6. The fourth-order valence-corrected chi connectivity index (χ4v) is 7.92. The Hall–Kier alpha value is -1.59. The molecule has 0 heterocycles. The van der Waals surface area contributed by atoms with Crippen molar-refractivity contribution in [2.24, 2.45) is 0 Å². The van der Waals surface area contributed by atoms with Crippen LogP contribution in [-0.2, 0) is 28.6 Å². The summed E-state index contributed by atoms with van der Waals surface area (Å²) in [5.74, 6) is -0.852. The van der Waals surface area contributed by atoms with E-state index in [1.165, 1.54) is 199 Å². The summed E-state index contributed by atoms with van der Waals surface area (Å²) in [6.07, 6.45) is 51.1. The van der Waals surface area contributed by atoms with Crippen LogP contribution in [0.3, 0.4) is 0 Å². The van der Waals surface area contributed by atoms with Crippen LogP contribution in [0.2, 0.25) is 0 Å². The Morgan fingerprint density at radius 1 is 0.276 bits per heavy atom. The van der Waals surface area contributed by atoms with Gasteiger partial charge in [-0.15, -0.1) is 0 Å². The molecule has 0 rings (SSSR count). The first-order valence-corrected chi connectivity index (χ1v) is 26.0. The van der Waals surface area contributed by atoms with Gasteiger partial charge < -0.3 is 14.2 Å². The molecule has 0 spiro atoms. The third-order valence-electron chi connectivity index (χ3n) is 11.9. The second-order valence-electron chi connectivity index (χ2n) is 17.8. The molecule has 0 amide bonds. The summed E-state index contributed by atoms with van der Waals surface area (Å²) >= 11 is 0. The van der Waals surface area contributed by atoms with Gasteiger partial charge in [-0.3, -0.25) is 14.4 Å². The minimum absolute atomic E-state index is 0.0626. The van der Waals surface area contributed by atoms with E-state index in [0.717, 1.165) is 57.8 Å². The molecule has 1 unspecified atom stereocenters. The third kappa shape index (κ3) is 45.5. The molecule has 6 nitrogen and oxygen atoms in total. The van der Waals surface area contributed by atoms with Crippen molar-refractivity contribution < 1.29 is 28.6 Å². The molecular weight excluding hydrogens is 721 g/mol. The summed E-state index contributed by atoms with van der Waals surface area (Å²) in [6.45, 7) is 6.63. The van der Waals surface area contributed by atoms with Crippen molar-refractivity contribution >= 4 is 17.9 Å². The Balaban J connectivity index is 4.14. The van der Waals surface area contributed by atoms with Gasteiger partial charge in [-0.05, 0) is 19.3 Å². The smallest absolute Gasteiger partial charge is 0.306 e. The van der Waals surface area contributed by atoms with E-state index in [1.54, 1.807) is 0 Å². The number of carbonyl (C=O) groups excluding carboxylic acids is 3. The van der Waals surface area contributed by atoms with Crippen molar-refractivity contribution in [2.75, 3.05) is 13.2 Å². The zero-order valence-corrected chi connectivity index (χ0v) is 39.3. The molecule has 0 aromatic heterocycles. The molecule has 0 fully saturated rings. The predicted molar refractivity (Wildman–Crippen MR) is 247 cm³/mol. The van der Waals surface area contributed by atoms with E-state index in [9.17, 15) is 14.4 Å². The van der Waals surface area contributed by atoms with Gasteiger partial charge in [-0.2, -0.15) is 0 Å². The van der Waals surface area contributed by atoms with E-state index in [4.69, 9.17) is 14.2 Å². The van der Waals surface area contributed by atoms with Crippen LogP contribution in [0.5, 0.6) is 0 Å². The lowest BCUT2D eigenvalue weighted by Gasteiger charge is -2.18. The van der Waals surface area contributed by atoms with Crippen molar-refractivity contribution in [1.82, 2.24) is 0 Å². The van der Waals surface area contributed by atoms with Gasteiger partial charge in [0.25, 0.3) is 0 Å². The number of ether oxygens (including phenoxy) is 3. The summed E-state index contributed by atoms with van der Waals surface area (Å²) in [6, 6.07) is 0. The first-order chi connectivity index (χ1) is 28.5. The number of hydrogen-bond acceptors (Lipinski definition) is 6. The number of carbonyl (C=O) groups is 3. The maximum absolute atomic E-state index is 12.7. The molecule has 0 aromatic rings. The van der Waals surface area contributed by atoms with Gasteiger partial charge in [0.15, 0.2) is 6.10 Å². The van der Waals surface area contributed by atoms with E-state index in [1.807, 2.05) is 0 Å². The molecule has 0 saturated heterocycles. The van der Waals surface area contributed by atoms with Crippen molar-refractivity contribution in [3.8, 4) is 0 Å². The van der Waals surface area contributed by atoms with Gasteiger partial charge in [0.2, 0.25) is 0 Å². The predicted octanol–water partition coefficient (Wildman–Crippen LogP) is 16.8. The van der Waals surface area contributed by atoms with E-state index < -0.39 is 6.10 Å². The molecule has 0 aliphatic carbocycles. The monoisotopic (exact) mass is 821 g/mol. The number of unbranched alkanes of at least 4 members (excludes halogenated alkanes) is 37. The molecule has 1 atom stereocenters. The van der Waals surface area contributed by atoms with Crippen LogP contribution in [0.4, 0.5) is 0 Å². The van der Waals surface area contributed by atoms with Gasteiger partial charge in [-0.1, -0.05) is 258 Å². The fraction of sp³-hybridized carbons (Fsp3) is 0.942. The highest BCUT2D eigenvalue weighted by Crippen LogP contribution is 2.17. The molecule has 0 saturated carbocycles. The molecule has 0 aromatic carbocycles. The minimum atomic E-state index is -0.758. The zero-order valence-electron chi connectivity index (χ0n) is 39.3. The zero-order chi connectivity index (χ0) is 42.3. The van der Waals surface area contributed by atoms with Crippen molar-refractivity contribution in [3.63, 3.8) is 0 Å². The van der Waals surface area contributed by atoms with Crippen molar-refractivity contribution in [2.45, 2.75) is 303 Å². The standard InChI is InChI=1S/C52H100O6/c1-4-7-10-13-16-18-20-22-24-26-27-29-30-32-34-36-39-42-45-51(54)57-48-49(47-56-50(53)44-41-38-15-12-9-6-3)58-52(55)46-43-40-37-35-33-31-28-25-23-21-19-17-14-11-8-5-2/h49H,4-48H2,1-3H3. The van der Waals surface area contributed by atoms with Crippen molar-refractivity contribution in [3.05, 3.63) is 0 Å². The lowest BCUT2D eigenvalue weighted by Crippen LogP contribution is -2.30. The maximum atomic E-state index is 12.7. The average molecular weight is 821 g/mol. The summed E-state index contributed by atoms with van der Waals surface area (Å²) in [5, 5.41) is 0. The fourth-order valence-electron chi connectivity index (χ4n) is 7.92. The molecule has 6 heteroatoms. The van der Waals surface area contributed by atoms with E-state index >= 15 is 0 Å². The Kier molecular flexibility index (Phi) is 46.8. The quantitative estimate of drug-likeness (QED) is 0.0346. The molecule has 344 valence electrons. The number of esters is 3. The molecule has 58 heavy (non-hydrogen) atoms. The lowest BCUT2D eigenvalue weighted by molar-refractivity contribution is -0.167. The summed E-state index contributed by atoms with van der Waals surface area (Å²) in [7, 11) is 0. The number of hydrogen-bond donors (Lipinski definition) is 0. The molecule has 0 radical (unpaired) electrons. The van der Waals surface area contributed by atoms with Gasteiger partial charge in [-0.25, -0.2) is 0 Å².